The van der Waals surface area contributed by atoms with Gasteiger partial charge >= 0.3 is 0 Å². The van der Waals surface area contributed by atoms with E-state index in [-0.39, 0.29) is 6.10 Å². The number of nitrogens with one attached hydrogen (secondary N) is 1. The Labute approximate surface area is 154 Å². The van der Waals surface area contributed by atoms with Gasteiger partial charge in [0.2, 0.25) is 0 Å². The molecule has 1 saturated carbocycles. The van der Waals surface area contributed by atoms with E-state index in [1.807, 2.05) is 24.3 Å². The van der Waals surface area contributed by atoms with Gasteiger partial charge < -0.3 is 10.4 Å². The van der Waals surface area contributed by atoms with Crippen molar-refractivity contribution in [2.24, 2.45) is 0 Å². The van der Waals surface area contributed by atoms with Crippen LogP contribution >= 0.6 is 0 Å². The van der Waals surface area contributed by atoms with Crippen LogP contribution in [0, 0.1) is 0 Å². The van der Waals surface area contributed by atoms with Crippen molar-refractivity contribution in [2.45, 2.75) is 42.9 Å². The van der Waals surface area contributed by atoms with E-state index in [0.717, 1.165) is 48.4 Å². The van der Waals surface area contributed by atoms with Gasteiger partial charge in [-0.2, -0.15) is 0 Å². The summed E-state index contributed by atoms with van der Waals surface area (Å²) >= 11 is 0. The van der Waals surface area contributed by atoms with Gasteiger partial charge in [-0.05, 0) is 49.9 Å². The number of aliphatic hydroxyl groups excluding tert-OH is 1. The van der Waals surface area contributed by atoms with E-state index in [2.05, 4.69) is 20.4 Å². The molecule has 3 aromatic rings. The van der Waals surface area contributed by atoms with Crippen molar-refractivity contribution in [3.8, 4) is 11.3 Å². The lowest BCUT2D eigenvalue weighted by molar-refractivity contribution is 0.126. The van der Waals surface area contributed by atoms with Crippen LogP contribution < -0.4 is 5.32 Å². The lowest BCUT2D eigenvalue weighted by atomic mass is 9.93. The zero-order valence-corrected chi connectivity index (χ0v) is 15.3. The van der Waals surface area contributed by atoms with Crippen molar-refractivity contribution in [3.63, 3.8) is 0 Å². The van der Waals surface area contributed by atoms with Gasteiger partial charge in [-0.25, -0.2) is 14.5 Å². The second kappa shape index (κ2) is 7.13. The number of pyridine rings is 1. The van der Waals surface area contributed by atoms with Crippen molar-refractivity contribution < 1.29 is 9.32 Å². The van der Waals surface area contributed by atoms with Crippen LogP contribution in [-0.2, 0) is 10.8 Å². The summed E-state index contributed by atoms with van der Waals surface area (Å²) in [7, 11) is -1.14. The third-order valence-electron chi connectivity index (χ3n) is 4.74. The van der Waals surface area contributed by atoms with Crippen molar-refractivity contribution in [1.82, 2.24) is 19.6 Å². The number of fused-ring (bicyclic) bond motifs is 1. The molecular formula is C18H21N5O2S. The summed E-state index contributed by atoms with van der Waals surface area (Å²) in [4.78, 5) is 8.56. The topological polar surface area (TPSA) is 92.4 Å². The molecule has 0 bridgehead atoms. The third kappa shape index (κ3) is 3.47. The average molecular weight is 371 g/mol. The van der Waals surface area contributed by atoms with Gasteiger partial charge in [0, 0.05) is 24.1 Å². The fraction of sp³-hybridized carbons (Fsp3) is 0.389. The molecule has 1 aliphatic carbocycles. The van der Waals surface area contributed by atoms with Crippen molar-refractivity contribution >= 4 is 22.3 Å². The Balaban J connectivity index is 1.64. The molecule has 7 nitrogen and oxygen atoms in total. The zero-order valence-electron chi connectivity index (χ0n) is 14.5. The monoisotopic (exact) mass is 371 g/mol. The number of hydrogen-bond donors (Lipinski definition) is 2. The third-order valence-corrected chi connectivity index (χ3v) is 5.55. The molecule has 4 rings (SSSR count). The van der Waals surface area contributed by atoms with E-state index in [0.29, 0.717) is 11.1 Å². The first kappa shape index (κ1) is 17.1. The molecule has 0 radical (unpaired) electrons. The fourth-order valence-electron chi connectivity index (χ4n) is 3.30. The molecule has 3 heterocycles. The Morgan fingerprint density at radius 3 is 2.77 bits per heavy atom. The minimum Gasteiger partial charge on any atom is -0.393 e. The summed E-state index contributed by atoms with van der Waals surface area (Å²) in [6.45, 7) is 0. The van der Waals surface area contributed by atoms with Crippen LogP contribution in [0.3, 0.4) is 0 Å². The summed E-state index contributed by atoms with van der Waals surface area (Å²) in [5, 5.41) is 18.3. The molecule has 136 valence electrons. The van der Waals surface area contributed by atoms with E-state index in [4.69, 9.17) is 0 Å². The Morgan fingerprint density at radius 1 is 1.19 bits per heavy atom. The van der Waals surface area contributed by atoms with Crippen molar-refractivity contribution in [2.75, 3.05) is 11.6 Å². The molecule has 1 unspecified atom stereocenters. The predicted molar refractivity (Wildman–Crippen MR) is 100 cm³/mol. The maximum absolute atomic E-state index is 11.7. The standard InChI is InChI=1S/C18H21N5O2S/c1-26(25)18-10-12(8-9-19-18)15-11-20-17-7-6-16(22-23(15)17)21-13-2-4-14(24)5-3-13/h6-11,13-14,24H,2-5H2,1H3,(H,21,22). The second-order valence-electron chi connectivity index (χ2n) is 6.62. The van der Waals surface area contributed by atoms with E-state index in [9.17, 15) is 9.32 Å². The highest BCUT2D eigenvalue weighted by Crippen LogP contribution is 2.24. The summed E-state index contributed by atoms with van der Waals surface area (Å²) in [6, 6.07) is 7.85. The van der Waals surface area contributed by atoms with Gasteiger partial charge in [-0.1, -0.05) is 0 Å². The molecule has 1 atom stereocenters. The molecule has 1 fully saturated rings. The lowest BCUT2D eigenvalue weighted by Gasteiger charge is -2.26. The van der Waals surface area contributed by atoms with E-state index >= 15 is 0 Å². The van der Waals surface area contributed by atoms with Gasteiger partial charge in [0.25, 0.3) is 0 Å². The highest BCUT2D eigenvalue weighted by molar-refractivity contribution is 7.84. The smallest absolute Gasteiger partial charge is 0.154 e. The second-order valence-corrected chi connectivity index (χ2v) is 7.95. The van der Waals surface area contributed by atoms with Gasteiger partial charge in [-0.3, -0.25) is 4.21 Å². The van der Waals surface area contributed by atoms with Crippen LogP contribution in [0.5, 0.6) is 0 Å². The van der Waals surface area contributed by atoms with Crippen LogP contribution in [0.25, 0.3) is 16.9 Å². The first-order valence-corrected chi connectivity index (χ1v) is 10.3. The summed E-state index contributed by atoms with van der Waals surface area (Å²) < 4.78 is 13.5. The molecule has 26 heavy (non-hydrogen) atoms. The van der Waals surface area contributed by atoms with Crippen LogP contribution in [0.15, 0.2) is 41.7 Å². The maximum Gasteiger partial charge on any atom is 0.154 e. The molecule has 0 spiro atoms. The summed E-state index contributed by atoms with van der Waals surface area (Å²) in [5.74, 6) is 0.784. The highest BCUT2D eigenvalue weighted by Gasteiger charge is 2.19. The van der Waals surface area contributed by atoms with Crippen LogP contribution in [-0.4, -0.2) is 47.3 Å². The number of aliphatic hydroxyl groups is 1. The van der Waals surface area contributed by atoms with E-state index < -0.39 is 10.8 Å². The van der Waals surface area contributed by atoms with Gasteiger partial charge in [0.15, 0.2) is 5.65 Å². The predicted octanol–water partition coefficient (Wildman–Crippen LogP) is 2.24. The maximum atomic E-state index is 11.7. The van der Waals surface area contributed by atoms with Crippen LogP contribution in [0.1, 0.15) is 25.7 Å². The molecular weight excluding hydrogens is 350 g/mol. The van der Waals surface area contributed by atoms with Gasteiger partial charge in [0.05, 0.1) is 28.8 Å². The minimum absolute atomic E-state index is 0.172. The average Bonchev–Trinajstić information content (AvgIpc) is 3.07. The number of imidazole rings is 1. The van der Waals surface area contributed by atoms with Crippen LogP contribution in [0.4, 0.5) is 5.82 Å². The summed E-state index contributed by atoms with van der Waals surface area (Å²) in [6.07, 6.45) is 8.38. The normalized spacial score (nSPS) is 21.6. The first-order chi connectivity index (χ1) is 12.6. The molecule has 0 amide bonds. The Bertz CT molecular complexity index is 950. The number of rotatable bonds is 4. The van der Waals surface area contributed by atoms with E-state index in [1.165, 1.54) is 0 Å². The largest absolute Gasteiger partial charge is 0.393 e. The highest BCUT2D eigenvalue weighted by atomic mass is 32.2. The number of aromatic nitrogens is 4. The van der Waals surface area contributed by atoms with Crippen molar-refractivity contribution in [1.29, 1.82) is 0 Å². The Morgan fingerprint density at radius 2 is 2.00 bits per heavy atom. The molecule has 3 aromatic heterocycles. The Kier molecular flexibility index (Phi) is 4.69. The number of hydrogen-bond acceptors (Lipinski definition) is 6. The lowest BCUT2D eigenvalue weighted by Crippen LogP contribution is -2.28. The van der Waals surface area contributed by atoms with Crippen molar-refractivity contribution in [3.05, 3.63) is 36.7 Å². The molecule has 1 aliphatic rings. The minimum atomic E-state index is -1.14. The summed E-state index contributed by atoms with van der Waals surface area (Å²) in [5.41, 5.74) is 2.46. The number of nitrogens with zero attached hydrogens (tertiary/aromatic N) is 4. The molecule has 8 heteroatoms. The van der Waals surface area contributed by atoms with Gasteiger partial charge in [-0.15, -0.1) is 5.10 Å². The van der Waals surface area contributed by atoms with E-state index in [1.54, 1.807) is 23.2 Å². The Hall–Kier alpha value is -2.32. The molecule has 0 aliphatic heterocycles. The van der Waals surface area contributed by atoms with Crippen LogP contribution in [0.2, 0.25) is 0 Å². The quantitative estimate of drug-likeness (QED) is 0.731. The molecule has 0 aromatic carbocycles. The number of anilines is 1. The first-order valence-electron chi connectivity index (χ1n) is 8.69. The molecule has 0 saturated heterocycles. The molecule has 2 N–H and O–H groups in total. The SMILES string of the molecule is CS(=O)c1cc(-c2cnc3ccc(NC4CCC(O)CC4)nn23)ccn1. The van der Waals surface area contributed by atoms with Gasteiger partial charge in [0.1, 0.15) is 10.8 Å². The fourth-order valence-corrected chi connectivity index (χ4v) is 3.80. The zero-order chi connectivity index (χ0) is 18.1.